The van der Waals surface area contributed by atoms with Crippen molar-refractivity contribution in [3.8, 4) is 39.9 Å². The Morgan fingerprint density at radius 2 is 1.03 bits per heavy atom. The van der Waals surface area contributed by atoms with E-state index >= 15 is 0 Å². The third kappa shape index (κ3) is 4.94. The van der Waals surface area contributed by atoms with E-state index in [0.717, 1.165) is 66.1 Å². The summed E-state index contributed by atoms with van der Waals surface area (Å²) in [5.74, 6) is 1.81. The van der Waals surface area contributed by atoms with Gasteiger partial charge in [-0.15, -0.1) is 11.3 Å². The summed E-state index contributed by atoms with van der Waals surface area (Å²) >= 11 is 1.79. The topological polar surface area (TPSA) is 56.7 Å². The van der Waals surface area contributed by atoms with Crippen LogP contribution >= 0.6 is 11.3 Å². The summed E-state index contributed by atoms with van der Waals surface area (Å²) in [6, 6.07) is 64.4. The Hall–Kier alpha value is -7.67. The quantitative estimate of drug-likeness (QED) is 0.179. The van der Waals surface area contributed by atoms with Crippen molar-refractivity contribution in [1.82, 2.24) is 19.5 Å². The SMILES string of the molecule is c1ccc(-c2nc(-c3cc(-n4c5ccccc5c5cc6ccccc6cc54)c4c(c3)oc3c5ccccc5ccc34)nc(-c3ccc4c(c3)sc3ccccc34)n2)cc1. The second kappa shape index (κ2) is 12.4. The zero-order valence-corrected chi connectivity index (χ0v) is 32.2. The number of rotatable bonds is 4. The van der Waals surface area contributed by atoms with Crippen LogP contribution in [0.2, 0.25) is 0 Å². The highest BCUT2D eigenvalue weighted by Crippen LogP contribution is 2.44. The molecule has 0 atom stereocenters. The number of hydrogen-bond acceptors (Lipinski definition) is 5. The molecule has 9 aromatic carbocycles. The molecule has 0 bridgehead atoms. The van der Waals surface area contributed by atoms with Crippen molar-refractivity contribution < 1.29 is 4.42 Å². The molecule has 0 radical (unpaired) electrons. The molecule has 0 amide bonds. The van der Waals surface area contributed by atoms with E-state index in [1.165, 1.54) is 41.7 Å². The van der Waals surface area contributed by atoms with Crippen molar-refractivity contribution in [3.63, 3.8) is 0 Å². The molecular weight excluding hydrogens is 741 g/mol. The molecule has 6 heteroatoms. The lowest BCUT2D eigenvalue weighted by molar-refractivity contribution is 0.672. The van der Waals surface area contributed by atoms with Crippen LogP contribution in [0.3, 0.4) is 0 Å². The van der Waals surface area contributed by atoms with Gasteiger partial charge in [-0.05, 0) is 64.7 Å². The highest BCUT2D eigenvalue weighted by molar-refractivity contribution is 7.25. The molecule has 59 heavy (non-hydrogen) atoms. The van der Waals surface area contributed by atoms with Crippen LogP contribution < -0.4 is 0 Å². The average molecular weight is 771 g/mol. The smallest absolute Gasteiger partial charge is 0.164 e. The maximum atomic E-state index is 6.98. The number of furan rings is 1. The molecular formula is C53H30N4OS. The Kier molecular flexibility index (Phi) is 6.82. The first kappa shape index (κ1) is 32.4. The summed E-state index contributed by atoms with van der Waals surface area (Å²) in [5, 5.41) is 11.6. The average Bonchev–Trinajstić information content (AvgIpc) is 3.97. The summed E-state index contributed by atoms with van der Waals surface area (Å²) in [5.41, 5.74) is 7.57. The van der Waals surface area contributed by atoms with E-state index in [4.69, 9.17) is 19.4 Å². The predicted molar refractivity (Wildman–Crippen MR) is 246 cm³/mol. The normalized spacial score (nSPS) is 12.1. The Balaban J connectivity index is 1.13. The van der Waals surface area contributed by atoms with Crippen molar-refractivity contribution >= 4 is 96.8 Å². The van der Waals surface area contributed by atoms with E-state index < -0.39 is 0 Å². The molecule has 4 aromatic heterocycles. The van der Waals surface area contributed by atoms with Gasteiger partial charge in [-0.3, -0.25) is 0 Å². The summed E-state index contributed by atoms with van der Waals surface area (Å²) < 4.78 is 11.9. The van der Waals surface area contributed by atoms with Gasteiger partial charge in [0.1, 0.15) is 11.2 Å². The minimum absolute atomic E-state index is 0.574. The maximum Gasteiger partial charge on any atom is 0.164 e. The first-order valence-electron chi connectivity index (χ1n) is 19.8. The van der Waals surface area contributed by atoms with E-state index in [1.54, 1.807) is 11.3 Å². The number of nitrogens with zero attached hydrogens (tertiary/aromatic N) is 4. The molecule has 5 nitrogen and oxygen atoms in total. The van der Waals surface area contributed by atoms with Crippen molar-refractivity contribution in [1.29, 1.82) is 0 Å². The van der Waals surface area contributed by atoms with Gasteiger partial charge in [-0.1, -0.05) is 133 Å². The molecule has 13 aromatic rings. The molecule has 0 unspecified atom stereocenters. The zero-order valence-electron chi connectivity index (χ0n) is 31.4. The van der Waals surface area contributed by atoms with E-state index in [1.807, 2.05) is 18.2 Å². The summed E-state index contributed by atoms with van der Waals surface area (Å²) in [6.07, 6.45) is 0. The predicted octanol–water partition coefficient (Wildman–Crippen LogP) is 14.5. The van der Waals surface area contributed by atoms with Gasteiger partial charge >= 0.3 is 0 Å². The van der Waals surface area contributed by atoms with Crippen LogP contribution in [0.5, 0.6) is 0 Å². The van der Waals surface area contributed by atoms with Crippen LogP contribution in [-0.4, -0.2) is 19.5 Å². The van der Waals surface area contributed by atoms with Crippen molar-refractivity contribution in [2.45, 2.75) is 0 Å². The fourth-order valence-electron chi connectivity index (χ4n) is 9.05. The van der Waals surface area contributed by atoms with E-state index in [9.17, 15) is 0 Å². The Labute approximate surface area is 341 Å². The van der Waals surface area contributed by atoms with Crippen LogP contribution in [-0.2, 0) is 0 Å². The summed E-state index contributed by atoms with van der Waals surface area (Å²) in [7, 11) is 0. The number of aromatic nitrogens is 4. The monoisotopic (exact) mass is 770 g/mol. The summed E-state index contributed by atoms with van der Waals surface area (Å²) in [6.45, 7) is 0. The minimum atomic E-state index is 0.574. The lowest BCUT2D eigenvalue weighted by atomic mass is 10.0. The van der Waals surface area contributed by atoms with E-state index in [2.05, 4.69) is 168 Å². The highest BCUT2D eigenvalue weighted by atomic mass is 32.1. The van der Waals surface area contributed by atoms with Gasteiger partial charge in [-0.2, -0.15) is 0 Å². The third-order valence-corrected chi connectivity index (χ3v) is 12.9. The fraction of sp³-hybridized carbons (Fsp3) is 0. The van der Waals surface area contributed by atoms with Gasteiger partial charge in [0.2, 0.25) is 0 Å². The van der Waals surface area contributed by atoms with Crippen molar-refractivity contribution in [2.24, 2.45) is 0 Å². The minimum Gasteiger partial charge on any atom is -0.455 e. The van der Waals surface area contributed by atoms with Gasteiger partial charge in [0.25, 0.3) is 0 Å². The third-order valence-electron chi connectivity index (χ3n) is 11.8. The van der Waals surface area contributed by atoms with E-state index in [0.29, 0.717) is 17.5 Å². The number of benzene rings is 9. The molecule has 4 heterocycles. The molecule has 0 fully saturated rings. The number of hydrogen-bond donors (Lipinski definition) is 0. The maximum absolute atomic E-state index is 6.98. The van der Waals surface area contributed by atoms with Crippen LogP contribution in [0.15, 0.2) is 186 Å². The molecule has 274 valence electrons. The number of para-hydroxylation sites is 1. The number of fused-ring (bicyclic) bond motifs is 12. The van der Waals surface area contributed by atoms with E-state index in [-0.39, 0.29) is 0 Å². The van der Waals surface area contributed by atoms with Crippen LogP contribution in [0.25, 0.3) is 125 Å². The molecule has 0 saturated carbocycles. The lowest BCUT2D eigenvalue weighted by Gasteiger charge is -2.13. The van der Waals surface area contributed by atoms with Gasteiger partial charge in [-0.25, -0.2) is 15.0 Å². The zero-order chi connectivity index (χ0) is 38.6. The molecule has 0 N–H and O–H groups in total. The molecule has 0 spiro atoms. The Morgan fingerprint density at radius 1 is 0.390 bits per heavy atom. The van der Waals surface area contributed by atoms with Crippen molar-refractivity contribution in [3.05, 3.63) is 182 Å². The largest absolute Gasteiger partial charge is 0.455 e. The van der Waals surface area contributed by atoms with Crippen LogP contribution in [0.4, 0.5) is 0 Å². The first-order valence-corrected chi connectivity index (χ1v) is 20.6. The molecule has 0 aliphatic heterocycles. The second-order valence-electron chi connectivity index (χ2n) is 15.2. The van der Waals surface area contributed by atoms with Crippen molar-refractivity contribution in [2.75, 3.05) is 0 Å². The molecule has 0 aliphatic carbocycles. The fourth-order valence-corrected chi connectivity index (χ4v) is 10.2. The first-order chi connectivity index (χ1) is 29.2. The Bertz CT molecular complexity index is 3860. The van der Waals surface area contributed by atoms with Gasteiger partial charge in [0.05, 0.1) is 22.1 Å². The lowest BCUT2D eigenvalue weighted by Crippen LogP contribution is -2.01. The van der Waals surface area contributed by atoms with Gasteiger partial charge in [0.15, 0.2) is 17.5 Å². The molecule has 13 rings (SSSR count). The molecule has 0 aliphatic rings. The van der Waals surface area contributed by atoms with Crippen LogP contribution in [0.1, 0.15) is 0 Å². The standard InChI is InChI=1S/C53H30N4OS/c1-2-13-32(14-3-1)51-54-52(35-23-24-40-39-19-9-11-21-47(39)59-48(40)30-35)56-53(55-51)36-28-45(49-41-25-22-31-12-6-7-17-37(31)50(41)58-46(49)29-36)57-43-20-10-8-18-38(43)42-26-33-15-4-5-16-34(33)27-44(42)57/h1-30H. The Morgan fingerprint density at radius 3 is 1.88 bits per heavy atom. The van der Waals surface area contributed by atoms with Gasteiger partial charge in [0, 0.05) is 58.4 Å². The highest BCUT2D eigenvalue weighted by Gasteiger charge is 2.23. The van der Waals surface area contributed by atoms with Gasteiger partial charge < -0.3 is 8.98 Å². The number of thiophene rings is 1. The van der Waals surface area contributed by atoms with Crippen LogP contribution in [0, 0.1) is 0 Å². The molecule has 0 saturated heterocycles. The second-order valence-corrected chi connectivity index (χ2v) is 16.3. The summed E-state index contributed by atoms with van der Waals surface area (Å²) in [4.78, 5) is 15.6.